The van der Waals surface area contributed by atoms with E-state index in [1.165, 1.54) is 0 Å². The summed E-state index contributed by atoms with van der Waals surface area (Å²) < 4.78 is 6.83. The average molecular weight is 379 g/mol. The monoisotopic (exact) mass is 378 g/mol. The maximum absolute atomic E-state index is 13.3. The molecule has 0 saturated carbocycles. The smallest absolute Gasteiger partial charge is 0.355 e. The minimum atomic E-state index is -0.605. The van der Waals surface area contributed by atoms with Gasteiger partial charge in [-0.25, -0.2) is 4.79 Å². The highest BCUT2D eigenvalue weighted by Gasteiger charge is 2.33. The number of ketones is 1. The van der Waals surface area contributed by atoms with Crippen LogP contribution in [0.1, 0.15) is 80.1 Å². The van der Waals surface area contributed by atoms with Crippen LogP contribution in [-0.2, 0) is 16.6 Å². The molecule has 1 atom stereocenters. The molecule has 1 aromatic heterocycles. The second-order valence-corrected chi connectivity index (χ2v) is 7.75. The third kappa shape index (κ3) is 4.79. The summed E-state index contributed by atoms with van der Waals surface area (Å²) in [5, 5.41) is 0. The van der Waals surface area contributed by atoms with Crippen molar-refractivity contribution in [1.29, 1.82) is 0 Å². The van der Waals surface area contributed by atoms with Crippen LogP contribution in [0.4, 0.5) is 0 Å². The van der Waals surface area contributed by atoms with Gasteiger partial charge in [-0.2, -0.15) is 0 Å². The standard InChI is InChI=1S/C21H34N2O4/c1-10-27-21(26)19-14(6)18(15(7)22(19)9)20(25)16(8)23(13(4)5)17(24)11-12(2)3/h12-13,16H,10-11H2,1-9H3. The van der Waals surface area contributed by atoms with Crippen LogP contribution in [0.2, 0.25) is 0 Å². The van der Waals surface area contributed by atoms with Gasteiger partial charge in [-0.1, -0.05) is 13.8 Å². The lowest BCUT2D eigenvalue weighted by molar-refractivity contribution is -0.135. The number of hydrogen-bond donors (Lipinski definition) is 0. The first-order chi connectivity index (χ1) is 12.4. The Hall–Kier alpha value is -2.11. The molecule has 27 heavy (non-hydrogen) atoms. The molecule has 1 rings (SSSR count). The lowest BCUT2D eigenvalue weighted by atomic mass is 9.98. The van der Waals surface area contributed by atoms with Crippen LogP contribution in [0.15, 0.2) is 0 Å². The fourth-order valence-electron chi connectivity index (χ4n) is 3.57. The number of hydrogen-bond acceptors (Lipinski definition) is 4. The van der Waals surface area contributed by atoms with Crippen molar-refractivity contribution < 1.29 is 19.1 Å². The van der Waals surface area contributed by atoms with E-state index in [2.05, 4.69) is 0 Å². The molecule has 0 radical (unpaired) electrons. The Morgan fingerprint density at radius 1 is 1.07 bits per heavy atom. The Labute approximate surface area is 162 Å². The summed E-state index contributed by atoms with van der Waals surface area (Å²) in [6.07, 6.45) is 0.399. The van der Waals surface area contributed by atoms with Crippen molar-refractivity contribution in [3.8, 4) is 0 Å². The summed E-state index contributed by atoms with van der Waals surface area (Å²) >= 11 is 0. The van der Waals surface area contributed by atoms with Crippen LogP contribution in [-0.4, -0.2) is 45.8 Å². The second-order valence-electron chi connectivity index (χ2n) is 7.75. The van der Waals surface area contributed by atoms with Gasteiger partial charge in [0, 0.05) is 30.8 Å². The largest absolute Gasteiger partial charge is 0.461 e. The molecule has 1 aromatic rings. The minimum Gasteiger partial charge on any atom is -0.461 e. The molecule has 0 aliphatic carbocycles. The summed E-state index contributed by atoms with van der Waals surface area (Å²) in [4.78, 5) is 40.0. The quantitative estimate of drug-likeness (QED) is 0.511. The Morgan fingerprint density at radius 3 is 2.07 bits per heavy atom. The van der Waals surface area contributed by atoms with E-state index in [9.17, 15) is 14.4 Å². The van der Waals surface area contributed by atoms with Crippen LogP contribution >= 0.6 is 0 Å². The van der Waals surface area contributed by atoms with Crippen LogP contribution in [0, 0.1) is 19.8 Å². The van der Waals surface area contributed by atoms with Crippen molar-refractivity contribution in [3.63, 3.8) is 0 Å². The number of Topliss-reactive ketones (excluding diaryl/α,β-unsaturated/α-hetero) is 1. The van der Waals surface area contributed by atoms with Gasteiger partial charge in [0.05, 0.1) is 12.6 Å². The van der Waals surface area contributed by atoms with E-state index >= 15 is 0 Å². The molecule has 0 saturated heterocycles. The molecule has 6 nitrogen and oxygen atoms in total. The minimum absolute atomic E-state index is 0.0299. The zero-order valence-corrected chi connectivity index (χ0v) is 18.2. The van der Waals surface area contributed by atoms with Crippen LogP contribution in [0.25, 0.3) is 0 Å². The van der Waals surface area contributed by atoms with Crippen LogP contribution < -0.4 is 0 Å². The maximum Gasteiger partial charge on any atom is 0.355 e. The lowest BCUT2D eigenvalue weighted by Gasteiger charge is -2.33. The van der Waals surface area contributed by atoms with Gasteiger partial charge in [0.1, 0.15) is 5.69 Å². The molecule has 1 heterocycles. The summed E-state index contributed by atoms with van der Waals surface area (Å²) in [6, 6.07) is -0.699. The van der Waals surface area contributed by atoms with Gasteiger partial charge in [0.25, 0.3) is 0 Å². The maximum atomic E-state index is 13.3. The summed E-state index contributed by atoms with van der Waals surface area (Å²) in [6.45, 7) is 15.1. The molecule has 0 aliphatic rings. The van der Waals surface area contributed by atoms with Crippen molar-refractivity contribution >= 4 is 17.7 Å². The molecule has 0 bridgehead atoms. The number of amides is 1. The van der Waals surface area contributed by atoms with Crippen LogP contribution in [0.5, 0.6) is 0 Å². The van der Waals surface area contributed by atoms with E-state index in [0.717, 1.165) is 0 Å². The van der Waals surface area contributed by atoms with E-state index < -0.39 is 12.0 Å². The van der Waals surface area contributed by atoms with Crippen LogP contribution in [0.3, 0.4) is 0 Å². The van der Waals surface area contributed by atoms with Gasteiger partial charge in [-0.15, -0.1) is 0 Å². The molecule has 0 aromatic carbocycles. The molecule has 6 heteroatoms. The molecule has 0 aliphatic heterocycles. The highest BCUT2D eigenvalue weighted by Crippen LogP contribution is 2.25. The Bertz CT molecular complexity index is 716. The molecule has 152 valence electrons. The summed E-state index contributed by atoms with van der Waals surface area (Å²) in [5.41, 5.74) is 2.18. The van der Waals surface area contributed by atoms with Crippen molar-refractivity contribution in [1.82, 2.24) is 9.47 Å². The van der Waals surface area contributed by atoms with Gasteiger partial charge in [0.2, 0.25) is 5.91 Å². The van der Waals surface area contributed by atoms with Gasteiger partial charge >= 0.3 is 5.97 Å². The van der Waals surface area contributed by atoms with Gasteiger partial charge < -0.3 is 14.2 Å². The average Bonchev–Trinajstić information content (AvgIpc) is 2.75. The zero-order chi connectivity index (χ0) is 21.0. The first kappa shape index (κ1) is 22.9. The van der Waals surface area contributed by atoms with Crippen molar-refractivity contribution in [2.24, 2.45) is 13.0 Å². The summed E-state index contributed by atoms with van der Waals surface area (Å²) in [5.74, 6) is -0.403. The molecule has 0 spiro atoms. The fraction of sp³-hybridized carbons (Fsp3) is 0.667. The Balaban J connectivity index is 3.33. The van der Waals surface area contributed by atoms with Gasteiger partial charge in [-0.3, -0.25) is 9.59 Å². The predicted octanol–water partition coefficient (Wildman–Crippen LogP) is 3.67. The number of ether oxygens (including phenoxy) is 1. The number of carbonyl (C=O) groups is 3. The highest BCUT2D eigenvalue weighted by molar-refractivity contribution is 6.06. The Kier molecular flexibility index (Phi) is 7.81. The Morgan fingerprint density at radius 2 is 1.63 bits per heavy atom. The van der Waals surface area contributed by atoms with Crippen molar-refractivity contribution in [2.75, 3.05) is 6.61 Å². The number of esters is 1. The van der Waals surface area contributed by atoms with Crippen molar-refractivity contribution in [2.45, 2.75) is 73.9 Å². The third-order valence-electron chi connectivity index (χ3n) is 4.87. The normalized spacial score (nSPS) is 12.4. The lowest BCUT2D eigenvalue weighted by Crippen LogP contribution is -2.47. The molecule has 0 fully saturated rings. The van der Waals surface area contributed by atoms with E-state index in [-0.39, 0.29) is 30.3 Å². The number of rotatable bonds is 8. The second kappa shape index (κ2) is 9.20. The van der Waals surface area contributed by atoms with Gasteiger partial charge in [0.15, 0.2) is 5.78 Å². The molecular weight excluding hydrogens is 344 g/mol. The van der Waals surface area contributed by atoms with Gasteiger partial charge in [-0.05, 0) is 53.0 Å². The van der Waals surface area contributed by atoms with E-state index in [1.54, 1.807) is 37.3 Å². The molecule has 1 amide bonds. The van der Waals surface area contributed by atoms with E-state index in [1.807, 2.05) is 34.6 Å². The first-order valence-corrected chi connectivity index (χ1v) is 9.63. The highest BCUT2D eigenvalue weighted by atomic mass is 16.5. The fourth-order valence-corrected chi connectivity index (χ4v) is 3.57. The number of aromatic nitrogens is 1. The SMILES string of the molecule is CCOC(=O)c1c(C)c(C(=O)C(C)N(C(=O)CC(C)C)C(C)C)c(C)n1C. The predicted molar refractivity (Wildman–Crippen MR) is 106 cm³/mol. The number of nitrogens with zero attached hydrogens (tertiary/aromatic N) is 2. The van der Waals surface area contributed by atoms with Crippen molar-refractivity contribution in [3.05, 3.63) is 22.5 Å². The topological polar surface area (TPSA) is 68.6 Å². The molecule has 0 N–H and O–H groups in total. The molecule has 1 unspecified atom stereocenters. The first-order valence-electron chi connectivity index (χ1n) is 9.63. The third-order valence-corrected chi connectivity index (χ3v) is 4.87. The van der Waals surface area contributed by atoms with E-state index in [0.29, 0.717) is 28.9 Å². The zero-order valence-electron chi connectivity index (χ0n) is 18.2. The number of carbonyl (C=O) groups excluding carboxylic acids is 3. The summed E-state index contributed by atoms with van der Waals surface area (Å²) in [7, 11) is 1.75. The van der Waals surface area contributed by atoms with E-state index in [4.69, 9.17) is 4.74 Å². The molecular formula is C21H34N2O4.